The third-order valence-electron chi connectivity index (χ3n) is 3.40. The minimum Gasteiger partial charge on any atom is -0.481 e. The van der Waals surface area contributed by atoms with Crippen molar-refractivity contribution in [3.05, 3.63) is 38.3 Å². The molecule has 8 heteroatoms. The summed E-state index contributed by atoms with van der Waals surface area (Å²) in [4.78, 5) is 35.1. The summed E-state index contributed by atoms with van der Waals surface area (Å²) in [7, 11) is 0. The zero-order chi connectivity index (χ0) is 15.6. The van der Waals surface area contributed by atoms with E-state index in [9.17, 15) is 19.7 Å². The number of carboxylic acids is 1. The molecule has 1 N–H and O–H groups in total. The number of aliphatic carboxylic acids is 1. The number of halogens is 1. The number of hydrogen-bond donors (Lipinski definition) is 1. The van der Waals surface area contributed by atoms with Crippen LogP contribution in [0.25, 0.3) is 0 Å². The maximum Gasteiger partial charge on any atom is 0.308 e. The number of hydrogen-bond acceptors (Lipinski definition) is 4. The molecule has 7 nitrogen and oxygen atoms in total. The van der Waals surface area contributed by atoms with Crippen molar-refractivity contribution in [3.63, 3.8) is 0 Å². The molecule has 1 saturated heterocycles. The second-order valence-electron chi connectivity index (χ2n) is 4.88. The van der Waals surface area contributed by atoms with E-state index in [0.717, 1.165) is 0 Å². The van der Waals surface area contributed by atoms with Crippen LogP contribution in [0.1, 0.15) is 23.2 Å². The van der Waals surface area contributed by atoms with Crippen molar-refractivity contribution in [2.24, 2.45) is 5.92 Å². The van der Waals surface area contributed by atoms with E-state index in [0.29, 0.717) is 23.9 Å². The average Bonchev–Trinajstić information content (AvgIpc) is 2.45. The number of rotatable bonds is 3. The zero-order valence-corrected chi connectivity index (χ0v) is 12.6. The summed E-state index contributed by atoms with van der Waals surface area (Å²) in [5.41, 5.74) is 0.00151. The van der Waals surface area contributed by atoms with E-state index in [-0.39, 0.29) is 23.7 Å². The lowest BCUT2D eigenvalue weighted by atomic mass is 9.97. The molecule has 0 radical (unpaired) electrons. The van der Waals surface area contributed by atoms with Gasteiger partial charge in [-0.25, -0.2) is 0 Å². The molecule has 1 heterocycles. The number of carboxylic acid groups (broad SMARTS) is 1. The summed E-state index contributed by atoms with van der Waals surface area (Å²) in [6, 6.07) is 4.02. The van der Waals surface area contributed by atoms with E-state index in [1.54, 1.807) is 0 Å². The molecule has 0 spiro atoms. The number of piperidine rings is 1. The summed E-state index contributed by atoms with van der Waals surface area (Å²) >= 11 is 3.14. The van der Waals surface area contributed by atoms with Crippen molar-refractivity contribution in [3.8, 4) is 0 Å². The van der Waals surface area contributed by atoms with Gasteiger partial charge in [0, 0.05) is 35.3 Å². The van der Waals surface area contributed by atoms with E-state index in [1.807, 2.05) is 0 Å². The van der Waals surface area contributed by atoms with E-state index in [1.165, 1.54) is 23.1 Å². The number of carbonyl (C=O) groups is 2. The van der Waals surface area contributed by atoms with Crippen LogP contribution < -0.4 is 0 Å². The predicted octanol–water partition coefficient (Wildman–Crippen LogP) is 2.29. The fourth-order valence-electron chi connectivity index (χ4n) is 2.35. The minimum absolute atomic E-state index is 0.133. The monoisotopic (exact) mass is 356 g/mol. The van der Waals surface area contributed by atoms with Gasteiger partial charge in [0.15, 0.2) is 0 Å². The largest absolute Gasteiger partial charge is 0.481 e. The smallest absolute Gasteiger partial charge is 0.308 e. The molecule has 112 valence electrons. The molecule has 0 aromatic heterocycles. The first kappa shape index (κ1) is 15.4. The maximum absolute atomic E-state index is 12.4. The lowest BCUT2D eigenvalue weighted by molar-refractivity contribution is -0.385. The van der Waals surface area contributed by atoms with Gasteiger partial charge < -0.3 is 10.0 Å². The Bertz CT molecular complexity index is 604. The zero-order valence-electron chi connectivity index (χ0n) is 11.0. The van der Waals surface area contributed by atoms with Crippen LogP contribution in [-0.2, 0) is 4.79 Å². The summed E-state index contributed by atoms with van der Waals surface area (Å²) < 4.78 is 0.437. The van der Waals surface area contributed by atoms with Crippen molar-refractivity contribution in [1.82, 2.24) is 4.90 Å². The molecule has 1 aliphatic heterocycles. The number of benzene rings is 1. The molecule has 1 aromatic carbocycles. The lowest BCUT2D eigenvalue weighted by Crippen LogP contribution is -2.42. The molecule has 21 heavy (non-hydrogen) atoms. The van der Waals surface area contributed by atoms with Crippen LogP contribution in [0.15, 0.2) is 22.7 Å². The van der Waals surface area contributed by atoms with Crippen molar-refractivity contribution in [2.75, 3.05) is 13.1 Å². The van der Waals surface area contributed by atoms with Crippen LogP contribution in [0.4, 0.5) is 5.69 Å². The van der Waals surface area contributed by atoms with Crippen LogP contribution in [0.3, 0.4) is 0 Å². The Morgan fingerprint density at radius 2 is 2.10 bits per heavy atom. The molecule has 0 aliphatic carbocycles. The Kier molecular flexibility index (Phi) is 4.56. The van der Waals surface area contributed by atoms with Crippen molar-refractivity contribution in [2.45, 2.75) is 12.8 Å². The van der Waals surface area contributed by atoms with Crippen molar-refractivity contribution >= 4 is 33.5 Å². The second-order valence-corrected chi connectivity index (χ2v) is 5.80. The van der Waals surface area contributed by atoms with Crippen molar-refractivity contribution < 1.29 is 19.6 Å². The molecule has 1 atom stereocenters. The fourth-order valence-corrected chi connectivity index (χ4v) is 2.83. The highest BCUT2D eigenvalue weighted by Gasteiger charge is 2.29. The van der Waals surface area contributed by atoms with Crippen LogP contribution >= 0.6 is 15.9 Å². The number of likely N-dealkylation sites (tertiary alicyclic amines) is 1. The standard InChI is InChI=1S/C13H13BrN2O5/c14-10-4-9(5-11(6-10)16(20)21)12(17)15-3-1-2-8(7-15)13(18)19/h4-6,8H,1-3,7H2,(H,18,19). The summed E-state index contributed by atoms with van der Waals surface area (Å²) in [6.07, 6.45) is 1.15. The number of amides is 1. The van der Waals surface area contributed by atoms with Gasteiger partial charge >= 0.3 is 5.97 Å². The Hall–Kier alpha value is -1.96. The number of nitro groups is 1. The van der Waals surface area contributed by atoms with Crippen LogP contribution in [-0.4, -0.2) is 39.9 Å². The molecular formula is C13H13BrN2O5. The first-order valence-electron chi connectivity index (χ1n) is 6.35. The van der Waals surface area contributed by atoms with Gasteiger partial charge in [0.2, 0.25) is 0 Å². The maximum atomic E-state index is 12.4. The quantitative estimate of drug-likeness (QED) is 0.661. The molecule has 1 fully saturated rings. The molecule has 1 unspecified atom stereocenters. The minimum atomic E-state index is -0.923. The number of nitrogens with zero attached hydrogens (tertiary/aromatic N) is 2. The SMILES string of the molecule is O=C(O)C1CCCN(C(=O)c2cc(Br)cc([N+](=O)[O-])c2)C1. The third kappa shape index (κ3) is 3.57. The van der Waals surface area contributed by atoms with Gasteiger partial charge in [0.1, 0.15) is 0 Å². The van der Waals surface area contributed by atoms with Gasteiger partial charge in [-0.2, -0.15) is 0 Å². The summed E-state index contributed by atoms with van der Waals surface area (Å²) in [5, 5.41) is 19.9. The van der Waals surface area contributed by atoms with Gasteiger partial charge in [-0.1, -0.05) is 15.9 Å². The molecule has 2 rings (SSSR count). The summed E-state index contributed by atoms with van der Waals surface area (Å²) in [6.45, 7) is 0.595. The van der Waals surface area contributed by atoms with E-state index in [4.69, 9.17) is 5.11 Å². The first-order valence-corrected chi connectivity index (χ1v) is 7.15. The van der Waals surface area contributed by atoms with Crippen LogP contribution in [0.2, 0.25) is 0 Å². The predicted molar refractivity (Wildman–Crippen MR) is 77.1 cm³/mol. The molecule has 1 amide bonds. The Morgan fingerprint density at radius 3 is 2.71 bits per heavy atom. The van der Waals surface area contributed by atoms with Gasteiger partial charge in [0.05, 0.1) is 10.8 Å². The lowest BCUT2D eigenvalue weighted by Gasteiger charge is -2.30. The normalized spacial score (nSPS) is 18.3. The van der Waals surface area contributed by atoms with Crippen LogP contribution in [0, 0.1) is 16.0 Å². The summed E-state index contributed by atoms with van der Waals surface area (Å²) in [5.74, 6) is -1.89. The third-order valence-corrected chi connectivity index (χ3v) is 3.86. The second kappa shape index (κ2) is 6.21. The molecule has 0 bridgehead atoms. The Morgan fingerprint density at radius 1 is 1.38 bits per heavy atom. The van der Waals surface area contributed by atoms with Gasteiger partial charge in [0.25, 0.3) is 11.6 Å². The van der Waals surface area contributed by atoms with Gasteiger partial charge in [-0.05, 0) is 18.9 Å². The number of nitro benzene ring substituents is 1. The van der Waals surface area contributed by atoms with E-state index >= 15 is 0 Å². The topological polar surface area (TPSA) is 101 Å². The van der Waals surface area contributed by atoms with Crippen LogP contribution in [0.5, 0.6) is 0 Å². The average molecular weight is 357 g/mol. The molecule has 1 aromatic rings. The Labute approximate surface area is 128 Å². The molecule has 1 aliphatic rings. The Balaban J connectivity index is 2.23. The number of carbonyl (C=O) groups excluding carboxylic acids is 1. The van der Waals surface area contributed by atoms with Crippen molar-refractivity contribution in [1.29, 1.82) is 0 Å². The van der Waals surface area contributed by atoms with Gasteiger partial charge in [-0.15, -0.1) is 0 Å². The highest BCUT2D eigenvalue weighted by molar-refractivity contribution is 9.10. The first-order chi connectivity index (χ1) is 9.88. The molecular weight excluding hydrogens is 344 g/mol. The molecule has 0 saturated carbocycles. The van der Waals surface area contributed by atoms with E-state index in [2.05, 4.69) is 15.9 Å². The highest BCUT2D eigenvalue weighted by atomic mass is 79.9. The fraction of sp³-hybridized carbons (Fsp3) is 0.385. The number of non-ortho nitro benzene ring substituents is 1. The van der Waals surface area contributed by atoms with Gasteiger partial charge in [-0.3, -0.25) is 19.7 Å². The highest BCUT2D eigenvalue weighted by Crippen LogP contribution is 2.24. The van der Waals surface area contributed by atoms with E-state index < -0.39 is 16.8 Å².